The van der Waals surface area contributed by atoms with Gasteiger partial charge in [0.2, 0.25) is 0 Å². The van der Waals surface area contributed by atoms with Crippen LogP contribution in [0.1, 0.15) is 32.3 Å². The number of aliphatic imine (C=N–C) groups is 1. The largest absolute Gasteiger partial charge is 0.450 e. The zero-order valence-corrected chi connectivity index (χ0v) is 22.5. The Morgan fingerprint density at radius 1 is 1.03 bits per heavy atom. The molecule has 0 saturated carbocycles. The second-order valence-electron chi connectivity index (χ2n) is 8.47. The molecule has 2 fully saturated rings. The fourth-order valence-corrected chi connectivity index (χ4v) is 4.25. The van der Waals surface area contributed by atoms with Gasteiger partial charge in [-0.15, -0.1) is 24.0 Å². The molecule has 0 unspecified atom stereocenters. The zero-order valence-electron chi connectivity index (χ0n) is 20.2. The molecule has 2 heterocycles. The summed E-state index contributed by atoms with van der Waals surface area (Å²) in [6.07, 6.45) is 1.62. The number of ether oxygens (including phenoxy) is 1. The molecule has 0 aromatic heterocycles. The number of likely N-dealkylation sites (tertiary alicyclic amines) is 1. The molecule has 2 N–H and O–H groups in total. The zero-order chi connectivity index (χ0) is 22.6. The Labute approximate surface area is 216 Å². The van der Waals surface area contributed by atoms with E-state index in [0.717, 1.165) is 84.2 Å². The molecule has 1 aromatic carbocycles. The van der Waals surface area contributed by atoms with Crippen molar-refractivity contribution >= 4 is 36.0 Å². The third-order valence-electron chi connectivity index (χ3n) is 6.11. The minimum Gasteiger partial charge on any atom is -0.450 e. The van der Waals surface area contributed by atoms with Crippen LogP contribution < -0.4 is 10.6 Å². The van der Waals surface area contributed by atoms with E-state index in [2.05, 4.69) is 57.7 Å². The molecule has 2 saturated heterocycles. The van der Waals surface area contributed by atoms with Crippen LogP contribution in [0.15, 0.2) is 35.3 Å². The number of piperidine rings is 1. The molecule has 0 aliphatic carbocycles. The van der Waals surface area contributed by atoms with E-state index in [-0.39, 0.29) is 30.1 Å². The molecule has 0 bridgehead atoms. The number of carbonyl (C=O) groups excluding carboxylic acids is 1. The highest BCUT2D eigenvalue weighted by molar-refractivity contribution is 14.0. The van der Waals surface area contributed by atoms with Gasteiger partial charge in [0.15, 0.2) is 5.96 Å². The molecule has 1 amide bonds. The van der Waals surface area contributed by atoms with Crippen LogP contribution in [-0.2, 0) is 11.3 Å². The minimum absolute atomic E-state index is 0. The van der Waals surface area contributed by atoms with Crippen LogP contribution in [0.25, 0.3) is 0 Å². The number of nitrogens with one attached hydrogen (secondary N) is 2. The highest BCUT2D eigenvalue weighted by Gasteiger charge is 2.24. The maximum atomic E-state index is 11.9. The lowest BCUT2D eigenvalue weighted by molar-refractivity contribution is 0.0963. The molecule has 186 valence electrons. The van der Waals surface area contributed by atoms with Gasteiger partial charge in [-0.3, -0.25) is 14.8 Å². The number of piperazine rings is 1. The molecule has 0 spiro atoms. The Balaban J connectivity index is 0.00000385. The number of carbonyl (C=O) groups is 1. The number of rotatable bonds is 8. The molecule has 0 radical (unpaired) electrons. The topological polar surface area (TPSA) is 72.4 Å². The average molecular weight is 573 g/mol. The lowest BCUT2D eigenvalue weighted by Crippen LogP contribution is -2.50. The highest BCUT2D eigenvalue weighted by Crippen LogP contribution is 2.12. The van der Waals surface area contributed by atoms with E-state index in [0.29, 0.717) is 12.6 Å². The van der Waals surface area contributed by atoms with Gasteiger partial charge in [-0.2, -0.15) is 0 Å². The maximum absolute atomic E-state index is 11.9. The molecule has 9 heteroatoms. The molecule has 3 rings (SSSR count). The van der Waals surface area contributed by atoms with Crippen molar-refractivity contribution in [3.05, 3.63) is 35.9 Å². The van der Waals surface area contributed by atoms with Crippen LogP contribution in [0.5, 0.6) is 0 Å². The van der Waals surface area contributed by atoms with Crippen LogP contribution in [-0.4, -0.2) is 98.3 Å². The Morgan fingerprint density at radius 2 is 1.70 bits per heavy atom. The Bertz CT molecular complexity index is 704. The molecule has 8 nitrogen and oxygen atoms in total. The number of amides is 1. The fraction of sp³-hybridized carbons (Fsp3) is 0.667. The van der Waals surface area contributed by atoms with Crippen molar-refractivity contribution in [1.29, 1.82) is 0 Å². The summed E-state index contributed by atoms with van der Waals surface area (Å²) in [6.45, 7) is 13.9. The third kappa shape index (κ3) is 9.66. The van der Waals surface area contributed by atoms with Crippen molar-refractivity contribution in [2.75, 3.05) is 65.5 Å². The van der Waals surface area contributed by atoms with Crippen molar-refractivity contribution in [2.24, 2.45) is 4.99 Å². The Kier molecular flexibility index (Phi) is 12.9. The van der Waals surface area contributed by atoms with E-state index in [4.69, 9.17) is 9.73 Å². The number of nitrogens with zero attached hydrogens (tertiary/aromatic N) is 4. The van der Waals surface area contributed by atoms with Crippen molar-refractivity contribution in [1.82, 2.24) is 25.3 Å². The van der Waals surface area contributed by atoms with Crippen molar-refractivity contribution in [2.45, 2.75) is 39.3 Å². The summed E-state index contributed by atoms with van der Waals surface area (Å²) >= 11 is 0. The number of hydrogen-bond acceptors (Lipinski definition) is 5. The van der Waals surface area contributed by atoms with Crippen LogP contribution in [0.4, 0.5) is 4.79 Å². The van der Waals surface area contributed by atoms with Gasteiger partial charge in [-0.05, 0) is 32.3 Å². The predicted molar refractivity (Wildman–Crippen MR) is 144 cm³/mol. The van der Waals surface area contributed by atoms with Gasteiger partial charge in [0, 0.05) is 64.9 Å². The lowest BCUT2D eigenvalue weighted by atomic mass is 10.1. The molecular weight excluding hydrogens is 531 g/mol. The van der Waals surface area contributed by atoms with Gasteiger partial charge in [0.1, 0.15) is 0 Å². The molecule has 0 atom stereocenters. The summed E-state index contributed by atoms with van der Waals surface area (Å²) in [5, 5.41) is 6.92. The average Bonchev–Trinajstić information content (AvgIpc) is 2.82. The summed E-state index contributed by atoms with van der Waals surface area (Å²) in [6, 6.07) is 11.0. The van der Waals surface area contributed by atoms with E-state index in [9.17, 15) is 4.79 Å². The standard InChI is InChI=1S/C24H40N6O2.HI/c1-3-25-23(27-22-10-13-30(14-11-22)24(31)32-4-2)26-12-15-28-16-18-29(19-17-28)20-21-8-6-5-7-9-21;/h5-9,22H,3-4,10-20H2,1-2H3,(H2,25,26,27);1H. The number of hydrogen-bond donors (Lipinski definition) is 2. The summed E-state index contributed by atoms with van der Waals surface area (Å²) in [5.41, 5.74) is 1.39. The fourth-order valence-electron chi connectivity index (χ4n) is 4.25. The number of halogens is 1. The first kappa shape index (κ1) is 27.7. The van der Waals surface area contributed by atoms with E-state index in [1.807, 2.05) is 6.92 Å². The van der Waals surface area contributed by atoms with Crippen LogP contribution in [0, 0.1) is 0 Å². The monoisotopic (exact) mass is 572 g/mol. The van der Waals surface area contributed by atoms with Crippen LogP contribution in [0.2, 0.25) is 0 Å². The Morgan fingerprint density at radius 3 is 2.33 bits per heavy atom. The first-order valence-corrected chi connectivity index (χ1v) is 12.1. The minimum atomic E-state index is -0.199. The number of benzene rings is 1. The Hall–Kier alpha value is -1.59. The SMILES string of the molecule is CCNC(=NCCN1CCN(Cc2ccccc2)CC1)NC1CCN(C(=O)OCC)CC1.I. The van der Waals surface area contributed by atoms with Gasteiger partial charge in [-0.25, -0.2) is 4.79 Å². The summed E-state index contributed by atoms with van der Waals surface area (Å²) in [7, 11) is 0. The molecule has 33 heavy (non-hydrogen) atoms. The van der Waals surface area contributed by atoms with E-state index >= 15 is 0 Å². The highest BCUT2D eigenvalue weighted by atomic mass is 127. The second-order valence-corrected chi connectivity index (χ2v) is 8.47. The van der Waals surface area contributed by atoms with Crippen molar-refractivity contribution < 1.29 is 9.53 Å². The second kappa shape index (κ2) is 15.3. The summed E-state index contributed by atoms with van der Waals surface area (Å²) in [4.78, 5) is 23.5. The van der Waals surface area contributed by atoms with Gasteiger partial charge < -0.3 is 20.3 Å². The van der Waals surface area contributed by atoms with Crippen molar-refractivity contribution in [3.63, 3.8) is 0 Å². The smallest absolute Gasteiger partial charge is 0.409 e. The maximum Gasteiger partial charge on any atom is 0.409 e. The van der Waals surface area contributed by atoms with Crippen LogP contribution in [0.3, 0.4) is 0 Å². The molecular formula is C24H41IN6O2. The van der Waals surface area contributed by atoms with E-state index < -0.39 is 0 Å². The van der Waals surface area contributed by atoms with Gasteiger partial charge in [0.25, 0.3) is 0 Å². The third-order valence-corrected chi connectivity index (χ3v) is 6.11. The first-order valence-electron chi connectivity index (χ1n) is 12.1. The summed E-state index contributed by atoms with van der Waals surface area (Å²) < 4.78 is 5.11. The van der Waals surface area contributed by atoms with Gasteiger partial charge >= 0.3 is 6.09 Å². The van der Waals surface area contributed by atoms with E-state index in [1.165, 1.54) is 5.56 Å². The van der Waals surface area contributed by atoms with Crippen molar-refractivity contribution in [3.8, 4) is 0 Å². The quantitative estimate of drug-likeness (QED) is 0.284. The normalized spacial score (nSPS) is 18.5. The summed E-state index contributed by atoms with van der Waals surface area (Å²) in [5.74, 6) is 0.879. The molecule has 2 aliphatic heterocycles. The number of guanidine groups is 1. The van der Waals surface area contributed by atoms with Crippen LogP contribution >= 0.6 is 24.0 Å². The van der Waals surface area contributed by atoms with Gasteiger partial charge in [0.05, 0.1) is 13.2 Å². The van der Waals surface area contributed by atoms with Gasteiger partial charge in [-0.1, -0.05) is 30.3 Å². The lowest BCUT2D eigenvalue weighted by Gasteiger charge is -2.34. The first-order chi connectivity index (χ1) is 15.7. The predicted octanol–water partition coefficient (Wildman–Crippen LogP) is 2.60. The van der Waals surface area contributed by atoms with E-state index in [1.54, 1.807) is 4.90 Å². The molecule has 1 aromatic rings. The molecule has 2 aliphatic rings.